The molecule has 0 spiro atoms. The molecule has 1 fully saturated rings. The standard InChI is InChI=1S/C22H23N5O2/c1-2-16(12-19(3-1)29-11-8-27-6-9-28-10-7-27)21-20-13-17(22-24-15-25-26-22)4-5-18(20)14-23-21/h1-5,12-13,15H,6-11,14H2,(H,24,25,26). The highest BCUT2D eigenvalue weighted by atomic mass is 16.5. The molecule has 3 aromatic rings. The molecular formula is C22H23N5O2. The second-order valence-electron chi connectivity index (χ2n) is 7.20. The number of morpholine rings is 1. The van der Waals surface area contributed by atoms with E-state index < -0.39 is 0 Å². The average molecular weight is 389 g/mol. The van der Waals surface area contributed by atoms with Gasteiger partial charge in [-0.25, -0.2) is 4.98 Å². The van der Waals surface area contributed by atoms with Crippen LogP contribution in [-0.2, 0) is 11.3 Å². The van der Waals surface area contributed by atoms with Crippen molar-refractivity contribution in [2.75, 3.05) is 39.5 Å². The van der Waals surface area contributed by atoms with Crippen LogP contribution < -0.4 is 4.74 Å². The van der Waals surface area contributed by atoms with E-state index in [0.717, 1.165) is 66.8 Å². The Balaban J connectivity index is 1.31. The van der Waals surface area contributed by atoms with Gasteiger partial charge in [-0.1, -0.05) is 24.3 Å². The Kier molecular flexibility index (Phi) is 5.06. The quantitative estimate of drug-likeness (QED) is 0.701. The highest BCUT2D eigenvalue weighted by Gasteiger charge is 2.19. The minimum atomic E-state index is 0.669. The molecule has 1 aromatic heterocycles. The van der Waals surface area contributed by atoms with E-state index in [0.29, 0.717) is 13.2 Å². The molecule has 29 heavy (non-hydrogen) atoms. The van der Waals surface area contributed by atoms with Crippen molar-refractivity contribution < 1.29 is 9.47 Å². The molecule has 0 saturated carbocycles. The van der Waals surface area contributed by atoms with Gasteiger partial charge in [0.2, 0.25) is 0 Å². The lowest BCUT2D eigenvalue weighted by molar-refractivity contribution is 0.0322. The Bertz CT molecular complexity index is 1010. The van der Waals surface area contributed by atoms with Crippen LogP contribution in [-0.4, -0.2) is 65.2 Å². The van der Waals surface area contributed by atoms with Gasteiger partial charge in [0.05, 0.1) is 25.5 Å². The third kappa shape index (κ3) is 3.92. The zero-order valence-corrected chi connectivity index (χ0v) is 16.2. The maximum Gasteiger partial charge on any atom is 0.155 e. The van der Waals surface area contributed by atoms with Crippen molar-refractivity contribution in [1.29, 1.82) is 0 Å². The third-order valence-electron chi connectivity index (χ3n) is 5.35. The molecule has 2 aliphatic rings. The van der Waals surface area contributed by atoms with Crippen molar-refractivity contribution in [1.82, 2.24) is 20.1 Å². The molecule has 5 rings (SSSR count). The lowest BCUT2D eigenvalue weighted by atomic mass is 9.97. The Hall–Kier alpha value is -3.03. The molecule has 148 valence electrons. The highest BCUT2D eigenvalue weighted by molar-refractivity contribution is 6.15. The second-order valence-corrected chi connectivity index (χ2v) is 7.20. The van der Waals surface area contributed by atoms with Crippen LogP contribution in [0.1, 0.15) is 16.7 Å². The number of nitrogens with zero attached hydrogens (tertiary/aromatic N) is 4. The van der Waals surface area contributed by atoms with Crippen LogP contribution in [0.25, 0.3) is 11.4 Å². The average Bonchev–Trinajstić information content (AvgIpc) is 3.44. The van der Waals surface area contributed by atoms with Gasteiger partial charge in [-0.15, -0.1) is 0 Å². The van der Waals surface area contributed by atoms with Crippen molar-refractivity contribution in [2.24, 2.45) is 4.99 Å². The summed E-state index contributed by atoms with van der Waals surface area (Å²) >= 11 is 0. The second kappa shape index (κ2) is 8.14. The van der Waals surface area contributed by atoms with Crippen LogP contribution in [0, 0.1) is 0 Å². The van der Waals surface area contributed by atoms with Gasteiger partial charge in [-0.05, 0) is 23.8 Å². The first kappa shape index (κ1) is 18.0. The fourth-order valence-electron chi connectivity index (χ4n) is 3.77. The Morgan fingerprint density at radius 2 is 2.00 bits per heavy atom. The first-order valence-electron chi connectivity index (χ1n) is 9.94. The molecule has 1 saturated heterocycles. The van der Waals surface area contributed by atoms with E-state index in [-0.39, 0.29) is 0 Å². The molecule has 0 atom stereocenters. The number of aromatic amines is 1. The first-order valence-corrected chi connectivity index (χ1v) is 9.94. The minimum absolute atomic E-state index is 0.669. The SMILES string of the molecule is c1cc(OCCN2CCOCC2)cc(C2=NCc3ccc(-c4ncn[nH]4)cc32)c1. The molecule has 7 heteroatoms. The molecule has 0 bridgehead atoms. The van der Waals surface area contributed by atoms with Crippen LogP contribution >= 0.6 is 0 Å². The van der Waals surface area contributed by atoms with E-state index >= 15 is 0 Å². The Morgan fingerprint density at radius 1 is 1.07 bits per heavy atom. The minimum Gasteiger partial charge on any atom is -0.492 e. The number of rotatable bonds is 6. The predicted molar refractivity (Wildman–Crippen MR) is 110 cm³/mol. The van der Waals surface area contributed by atoms with Crippen LogP contribution in [0.3, 0.4) is 0 Å². The number of ether oxygens (including phenoxy) is 2. The van der Waals surface area contributed by atoms with E-state index in [1.54, 1.807) is 0 Å². The maximum absolute atomic E-state index is 6.02. The molecule has 0 aliphatic carbocycles. The number of nitrogens with one attached hydrogen (secondary N) is 1. The summed E-state index contributed by atoms with van der Waals surface area (Å²) in [5.74, 6) is 1.64. The lowest BCUT2D eigenvalue weighted by Crippen LogP contribution is -2.38. The topological polar surface area (TPSA) is 75.6 Å². The van der Waals surface area contributed by atoms with Gasteiger partial charge in [0.25, 0.3) is 0 Å². The summed E-state index contributed by atoms with van der Waals surface area (Å²) < 4.78 is 11.4. The number of hydrogen-bond acceptors (Lipinski definition) is 6. The maximum atomic E-state index is 6.02. The summed E-state index contributed by atoms with van der Waals surface area (Å²) in [5, 5.41) is 6.88. The van der Waals surface area contributed by atoms with Gasteiger partial charge >= 0.3 is 0 Å². The molecule has 0 amide bonds. The molecule has 2 aliphatic heterocycles. The molecular weight excluding hydrogens is 366 g/mol. The molecule has 0 unspecified atom stereocenters. The molecule has 2 aromatic carbocycles. The Labute approximate surface area is 169 Å². The van der Waals surface area contributed by atoms with Gasteiger partial charge in [0.15, 0.2) is 5.82 Å². The van der Waals surface area contributed by atoms with E-state index in [1.165, 1.54) is 11.9 Å². The first-order chi connectivity index (χ1) is 14.4. The van der Waals surface area contributed by atoms with E-state index in [1.807, 2.05) is 12.1 Å². The summed E-state index contributed by atoms with van der Waals surface area (Å²) in [5.41, 5.74) is 5.45. The zero-order chi connectivity index (χ0) is 19.5. The number of hydrogen-bond donors (Lipinski definition) is 1. The van der Waals surface area contributed by atoms with Crippen molar-refractivity contribution in [3.63, 3.8) is 0 Å². The predicted octanol–water partition coefficient (Wildman–Crippen LogP) is 2.53. The molecule has 0 radical (unpaired) electrons. The van der Waals surface area contributed by atoms with E-state index in [4.69, 9.17) is 14.5 Å². The van der Waals surface area contributed by atoms with Gasteiger partial charge in [0.1, 0.15) is 18.7 Å². The summed E-state index contributed by atoms with van der Waals surface area (Å²) in [6.45, 7) is 5.86. The van der Waals surface area contributed by atoms with Gasteiger partial charge in [-0.3, -0.25) is 15.0 Å². The van der Waals surface area contributed by atoms with E-state index in [2.05, 4.69) is 50.4 Å². The monoisotopic (exact) mass is 389 g/mol. The van der Waals surface area contributed by atoms with Crippen molar-refractivity contribution in [3.8, 4) is 17.1 Å². The lowest BCUT2D eigenvalue weighted by Gasteiger charge is -2.26. The van der Waals surface area contributed by atoms with Crippen molar-refractivity contribution in [2.45, 2.75) is 6.54 Å². The van der Waals surface area contributed by atoms with Gasteiger partial charge < -0.3 is 9.47 Å². The summed E-state index contributed by atoms with van der Waals surface area (Å²) in [7, 11) is 0. The van der Waals surface area contributed by atoms with Crippen molar-refractivity contribution >= 4 is 5.71 Å². The van der Waals surface area contributed by atoms with Crippen LogP contribution in [0.5, 0.6) is 5.75 Å². The summed E-state index contributed by atoms with van der Waals surface area (Å²) in [6, 6.07) is 14.5. The number of aliphatic imine (C=N–C) groups is 1. The number of H-pyrrole nitrogens is 1. The van der Waals surface area contributed by atoms with Crippen LogP contribution in [0.4, 0.5) is 0 Å². The molecule has 7 nitrogen and oxygen atoms in total. The van der Waals surface area contributed by atoms with Gasteiger partial charge in [-0.2, -0.15) is 5.10 Å². The fraction of sp³-hybridized carbons (Fsp3) is 0.318. The summed E-state index contributed by atoms with van der Waals surface area (Å²) in [4.78, 5) is 11.4. The smallest absolute Gasteiger partial charge is 0.155 e. The van der Waals surface area contributed by atoms with E-state index in [9.17, 15) is 0 Å². The highest BCUT2D eigenvalue weighted by Crippen LogP contribution is 2.28. The third-order valence-corrected chi connectivity index (χ3v) is 5.35. The molecule has 1 N–H and O–H groups in total. The summed E-state index contributed by atoms with van der Waals surface area (Å²) in [6.07, 6.45) is 1.52. The largest absolute Gasteiger partial charge is 0.492 e. The van der Waals surface area contributed by atoms with Crippen LogP contribution in [0.2, 0.25) is 0 Å². The molecule has 3 heterocycles. The Morgan fingerprint density at radius 3 is 2.86 bits per heavy atom. The van der Waals surface area contributed by atoms with Gasteiger partial charge in [0, 0.05) is 36.3 Å². The van der Waals surface area contributed by atoms with Crippen LogP contribution in [0.15, 0.2) is 53.8 Å². The number of fused-ring (bicyclic) bond motifs is 1. The number of aromatic nitrogens is 3. The van der Waals surface area contributed by atoms with Crippen molar-refractivity contribution in [3.05, 3.63) is 65.5 Å². The zero-order valence-electron chi connectivity index (χ0n) is 16.2. The fourth-order valence-corrected chi connectivity index (χ4v) is 3.77. The normalized spacial score (nSPS) is 16.5. The number of benzene rings is 2.